The maximum Gasteiger partial charge on any atom is 0.0313 e. The summed E-state index contributed by atoms with van der Waals surface area (Å²) in [5.41, 5.74) is 6.18. The van der Waals surface area contributed by atoms with E-state index < -0.39 is 0 Å². The summed E-state index contributed by atoms with van der Waals surface area (Å²) in [6.07, 6.45) is 0. The highest BCUT2D eigenvalue weighted by Crippen LogP contribution is 1.95. The summed E-state index contributed by atoms with van der Waals surface area (Å²) in [6, 6.07) is 9.49. The smallest absolute Gasteiger partial charge is 0.0313 e. The van der Waals surface area contributed by atoms with Gasteiger partial charge in [0.2, 0.25) is 0 Å². The Morgan fingerprint density at radius 3 is 1.45 bits per heavy atom. The molecule has 0 saturated heterocycles. The molecule has 3 heteroatoms. The van der Waals surface area contributed by atoms with Crippen LogP contribution in [0.4, 0.5) is 5.69 Å². The van der Waals surface area contributed by atoms with Crippen molar-refractivity contribution in [3.05, 3.63) is 30.3 Å². The van der Waals surface area contributed by atoms with Crippen molar-refractivity contribution in [2.45, 2.75) is 0 Å². The van der Waals surface area contributed by atoms with Crippen molar-refractivity contribution < 1.29 is 0 Å². The molecule has 0 radical (unpaired) electrons. The van der Waals surface area contributed by atoms with Gasteiger partial charge in [-0.1, -0.05) is 18.2 Å². The summed E-state index contributed by atoms with van der Waals surface area (Å²) in [7, 11) is 0. The van der Waals surface area contributed by atoms with Gasteiger partial charge in [-0.15, -0.1) is 0 Å². The third-order valence-electron chi connectivity index (χ3n) is 0.800. The van der Waals surface area contributed by atoms with Crippen LogP contribution in [0.3, 0.4) is 0 Å². The molecule has 4 N–H and O–H groups in total. The summed E-state index contributed by atoms with van der Waals surface area (Å²) in [4.78, 5) is 0. The second kappa shape index (κ2) is 11.2. The fourth-order valence-electron chi connectivity index (χ4n) is 0.453. The van der Waals surface area contributed by atoms with E-state index in [0.717, 1.165) is 5.69 Å². The standard InChI is InChI=1S/C6H7N.2CH3N/c7-6-4-2-1-3-5-6;2*1-2/h1-5H,7H2;2*2H,1H2. The number of para-hydroxylation sites is 1. The Balaban J connectivity index is 0. The van der Waals surface area contributed by atoms with Gasteiger partial charge in [0.25, 0.3) is 0 Å². The Kier molecular flexibility index (Phi) is 12.3. The first-order valence-corrected chi connectivity index (χ1v) is 2.91. The van der Waals surface area contributed by atoms with Gasteiger partial charge >= 0.3 is 0 Å². The molecule has 0 aliphatic carbocycles. The summed E-state index contributed by atoms with van der Waals surface area (Å²) in [6.45, 7) is 5.00. The van der Waals surface area contributed by atoms with E-state index >= 15 is 0 Å². The number of nitrogens with two attached hydrogens (primary N) is 1. The Morgan fingerprint density at radius 1 is 0.909 bits per heavy atom. The van der Waals surface area contributed by atoms with Crippen LogP contribution in [0, 0.1) is 10.8 Å². The number of benzene rings is 1. The normalized spacial score (nSPS) is 6.18. The third-order valence-corrected chi connectivity index (χ3v) is 0.800. The largest absolute Gasteiger partial charge is 0.399 e. The molecule has 0 saturated carbocycles. The molecular weight excluding hydrogens is 138 g/mol. The molecule has 60 valence electrons. The maximum atomic E-state index is 5.50. The Labute approximate surface area is 66.9 Å². The van der Waals surface area contributed by atoms with Crippen LogP contribution in [0.25, 0.3) is 0 Å². The number of rotatable bonds is 0. The van der Waals surface area contributed by atoms with E-state index in [-0.39, 0.29) is 0 Å². The second-order valence-corrected chi connectivity index (χ2v) is 1.41. The molecule has 1 aromatic carbocycles. The molecule has 0 spiro atoms. The molecule has 0 fully saturated rings. The van der Waals surface area contributed by atoms with Crippen molar-refractivity contribution in [2.24, 2.45) is 0 Å². The molecule has 0 aliphatic rings. The van der Waals surface area contributed by atoms with Gasteiger partial charge in [0, 0.05) is 5.69 Å². The minimum Gasteiger partial charge on any atom is -0.399 e. The minimum absolute atomic E-state index is 0.822. The second-order valence-electron chi connectivity index (χ2n) is 1.41. The van der Waals surface area contributed by atoms with Crippen LogP contribution in [0.15, 0.2) is 30.3 Å². The lowest BCUT2D eigenvalue weighted by Crippen LogP contribution is -1.79. The van der Waals surface area contributed by atoms with Gasteiger partial charge in [0.1, 0.15) is 0 Å². The zero-order valence-corrected chi connectivity index (χ0v) is 6.38. The van der Waals surface area contributed by atoms with Crippen LogP contribution in [0.5, 0.6) is 0 Å². The number of nitrogen functional groups attached to an aromatic ring is 1. The quantitative estimate of drug-likeness (QED) is 0.384. The van der Waals surface area contributed by atoms with Crippen LogP contribution in [0.2, 0.25) is 0 Å². The number of anilines is 1. The lowest BCUT2D eigenvalue weighted by Gasteiger charge is -1.83. The van der Waals surface area contributed by atoms with Crippen molar-refractivity contribution in [2.75, 3.05) is 5.73 Å². The molecule has 1 rings (SSSR count). The monoisotopic (exact) mass is 151 g/mol. The number of hydrogen-bond donors (Lipinski definition) is 3. The van der Waals surface area contributed by atoms with E-state index in [4.69, 9.17) is 16.6 Å². The molecule has 0 unspecified atom stereocenters. The molecule has 0 atom stereocenters. The van der Waals surface area contributed by atoms with Crippen molar-refractivity contribution in [1.82, 2.24) is 0 Å². The van der Waals surface area contributed by atoms with Crippen LogP contribution < -0.4 is 5.73 Å². The van der Waals surface area contributed by atoms with E-state index in [1.807, 2.05) is 30.3 Å². The van der Waals surface area contributed by atoms with E-state index in [1.54, 1.807) is 0 Å². The molecule has 0 aliphatic heterocycles. The summed E-state index contributed by atoms with van der Waals surface area (Å²) in [5.74, 6) is 0. The Morgan fingerprint density at radius 2 is 1.27 bits per heavy atom. The fourth-order valence-corrected chi connectivity index (χ4v) is 0.453. The van der Waals surface area contributed by atoms with Crippen molar-refractivity contribution in [1.29, 1.82) is 10.8 Å². The zero-order valence-electron chi connectivity index (χ0n) is 6.38. The van der Waals surface area contributed by atoms with E-state index in [9.17, 15) is 0 Å². The first-order chi connectivity index (χ1) is 5.39. The van der Waals surface area contributed by atoms with Gasteiger partial charge in [-0.05, 0) is 25.6 Å². The first kappa shape index (κ1) is 12.1. The van der Waals surface area contributed by atoms with E-state index in [2.05, 4.69) is 13.4 Å². The van der Waals surface area contributed by atoms with Gasteiger partial charge < -0.3 is 16.6 Å². The molecule has 0 amide bonds. The summed E-state index contributed by atoms with van der Waals surface area (Å²) >= 11 is 0. The maximum absolute atomic E-state index is 5.50. The highest BCUT2D eigenvalue weighted by Gasteiger charge is 1.72. The van der Waals surface area contributed by atoms with Crippen LogP contribution in [0.1, 0.15) is 0 Å². The molecule has 1 aromatic rings. The predicted octanol–water partition coefficient (Wildman–Crippen LogP) is 1.80. The minimum atomic E-state index is 0.822. The fraction of sp³-hybridized carbons (Fsp3) is 0. The molecule has 0 heterocycles. The Bertz CT molecular complexity index is 160. The molecule has 0 aromatic heterocycles. The van der Waals surface area contributed by atoms with E-state index in [0.29, 0.717) is 0 Å². The number of hydrogen-bond acceptors (Lipinski definition) is 3. The summed E-state index contributed by atoms with van der Waals surface area (Å²) in [5, 5.41) is 11.0. The van der Waals surface area contributed by atoms with Gasteiger partial charge in [0.15, 0.2) is 0 Å². The highest BCUT2D eigenvalue weighted by atomic mass is 14.5. The van der Waals surface area contributed by atoms with Crippen LogP contribution >= 0.6 is 0 Å². The van der Waals surface area contributed by atoms with Crippen LogP contribution in [-0.2, 0) is 0 Å². The van der Waals surface area contributed by atoms with Crippen LogP contribution in [-0.4, -0.2) is 13.4 Å². The first-order valence-electron chi connectivity index (χ1n) is 2.91. The lowest BCUT2D eigenvalue weighted by atomic mass is 10.3. The molecule has 3 nitrogen and oxygen atoms in total. The number of nitrogens with one attached hydrogen (secondary N) is 2. The predicted molar refractivity (Wildman–Crippen MR) is 50.5 cm³/mol. The molecule has 11 heavy (non-hydrogen) atoms. The molecule has 0 bridgehead atoms. The SMILES string of the molecule is C=N.C=N.Nc1ccccc1. The van der Waals surface area contributed by atoms with Gasteiger partial charge in [0.05, 0.1) is 0 Å². The van der Waals surface area contributed by atoms with E-state index in [1.165, 1.54) is 0 Å². The van der Waals surface area contributed by atoms with Gasteiger partial charge in [-0.25, -0.2) is 0 Å². The average molecular weight is 151 g/mol. The highest BCUT2D eigenvalue weighted by molar-refractivity contribution is 5.35. The molecular formula is C8H13N3. The topological polar surface area (TPSA) is 73.7 Å². The lowest BCUT2D eigenvalue weighted by molar-refractivity contribution is 1.61. The van der Waals surface area contributed by atoms with Gasteiger partial charge in [-0.2, -0.15) is 0 Å². The van der Waals surface area contributed by atoms with Crippen molar-refractivity contribution in [3.63, 3.8) is 0 Å². The average Bonchev–Trinajstić information content (AvgIpc) is 2.13. The van der Waals surface area contributed by atoms with Crippen molar-refractivity contribution >= 4 is 19.1 Å². The summed E-state index contributed by atoms with van der Waals surface area (Å²) < 4.78 is 0. The van der Waals surface area contributed by atoms with Gasteiger partial charge in [-0.3, -0.25) is 0 Å². The van der Waals surface area contributed by atoms with Crippen molar-refractivity contribution in [3.8, 4) is 0 Å². The third kappa shape index (κ3) is 8.36. The Hall–Kier alpha value is -1.64. The zero-order chi connectivity index (χ0) is 9.11.